The summed E-state index contributed by atoms with van der Waals surface area (Å²) >= 11 is 0. The third-order valence-corrected chi connectivity index (χ3v) is 4.59. The van der Waals surface area contributed by atoms with E-state index in [9.17, 15) is 9.18 Å². The molecular weight excluding hydrogens is 363 g/mol. The molecule has 3 nitrogen and oxygen atoms in total. The van der Waals surface area contributed by atoms with E-state index in [1.165, 1.54) is 12.1 Å². The van der Waals surface area contributed by atoms with Crippen LogP contribution >= 0.6 is 0 Å². The Morgan fingerprint density at radius 2 is 1.28 bits per heavy atom. The van der Waals surface area contributed by atoms with Crippen molar-refractivity contribution >= 4 is 5.91 Å². The molecule has 0 bridgehead atoms. The van der Waals surface area contributed by atoms with Gasteiger partial charge in [-0.1, -0.05) is 72.8 Å². The number of carbonyl (C=O) groups is 1. The molecule has 0 unspecified atom stereocenters. The smallest absolute Gasteiger partial charge is 0.251 e. The van der Waals surface area contributed by atoms with Crippen LogP contribution in [-0.2, 0) is 6.54 Å². The van der Waals surface area contributed by atoms with Crippen molar-refractivity contribution in [2.75, 3.05) is 0 Å². The maximum absolute atomic E-state index is 13.1. The molecule has 0 aliphatic carbocycles. The molecule has 0 saturated carbocycles. The summed E-state index contributed by atoms with van der Waals surface area (Å²) in [7, 11) is 0. The van der Waals surface area contributed by atoms with Crippen molar-refractivity contribution in [2.45, 2.75) is 6.54 Å². The van der Waals surface area contributed by atoms with Gasteiger partial charge in [0.1, 0.15) is 5.82 Å². The Kier molecular flexibility index (Phi) is 5.43. The number of amides is 1. The third-order valence-electron chi connectivity index (χ3n) is 4.59. The highest BCUT2D eigenvalue weighted by molar-refractivity contribution is 5.96. The maximum Gasteiger partial charge on any atom is 0.251 e. The van der Waals surface area contributed by atoms with Crippen LogP contribution in [0.1, 0.15) is 15.9 Å². The van der Waals surface area contributed by atoms with Gasteiger partial charge in [-0.2, -0.15) is 0 Å². The van der Waals surface area contributed by atoms with E-state index in [1.54, 1.807) is 24.3 Å². The lowest BCUT2D eigenvalue weighted by Gasteiger charge is -2.10. The molecule has 0 radical (unpaired) electrons. The summed E-state index contributed by atoms with van der Waals surface area (Å²) in [5, 5.41) is 2.90. The number of halogens is 1. The molecule has 0 spiro atoms. The van der Waals surface area contributed by atoms with Crippen molar-refractivity contribution in [3.63, 3.8) is 0 Å². The van der Waals surface area contributed by atoms with Gasteiger partial charge in [0.25, 0.3) is 5.91 Å². The van der Waals surface area contributed by atoms with Crippen molar-refractivity contribution in [1.29, 1.82) is 0 Å². The highest BCUT2D eigenvalue weighted by Crippen LogP contribution is 2.24. The Morgan fingerprint density at radius 1 is 0.759 bits per heavy atom. The van der Waals surface area contributed by atoms with E-state index < -0.39 is 0 Å². The first-order valence-electron chi connectivity index (χ1n) is 9.34. The van der Waals surface area contributed by atoms with Gasteiger partial charge in [0, 0.05) is 23.2 Å². The Bertz CT molecular complexity index is 1050. The van der Waals surface area contributed by atoms with E-state index in [1.807, 2.05) is 60.7 Å². The molecule has 0 fully saturated rings. The van der Waals surface area contributed by atoms with Gasteiger partial charge < -0.3 is 5.32 Å². The molecule has 1 N–H and O–H groups in total. The summed E-state index contributed by atoms with van der Waals surface area (Å²) in [5.41, 5.74) is 4.72. The second kappa shape index (κ2) is 8.48. The number of hydrogen-bond acceptors (Lipinski definition) is 2. The number of pyridine rings is 1. The molecule has 0 atom stereocenters. The molecule has 4 aromatic rings. The molecule has 0 aliphatic rings. The van der Waals surface area contributed by atoms with Crippen molar-refractivity contribution in [2.24, 2.45) is 0 Å². The van der Waals surface area contributed by atoms with Crippen LogP contribution in [0.15, 0.2) is 97.1 Å². The van der Waals surface area contributed by atoms with Gasteiger partial charge in [-0.05, 0) is 29.8 Å². The first kappa shape index (κ1) is 18.6. The average molecular weight is 382 g/mol. The first-order valence-corrected chi connectivity index (χ1v) is 9.34. The van der Waals surface area contributed by atoms with Crippen molar-refractivity contribution < 1.29 is 9.18 Å². The van der Waals surface area contributed by atoms with Crippen LogP contribution in [0.25, 0.3) is 22.5 Å². The predicted molar refractivity (Wildman–Crippen MR) is 113 cm³/mol. The van der Waals surface area contributed by atoms with E-state index in [0.717, 1.165) is 28.1 Å². The van der Waals surface area contributed by atoms with Crippen LogP contribution in [0, 0.1) is 5.82 Å². The van der Waals surface area contributed by atoms with E-state index in [0.29, 0.717) is 12.1 Å². The molecule has 3 aromatic carbocycles. The molecule has 29 heavy (non-hydrogen) atoms. The average Bonchev–Trinajstić information content (AvgIpc) is 2.79. The predicted octanol–water partition coefficient (Wildman–Crippen LogP) is 5.48. The Labute approximate surface area is 168 Å². The molecular formula is C25H19FN2O. The second-order valence-corrected chi connectivity index (χ2v) is 6.67. The third kappa shape index (κ3) is 4.55. The first-order chi connectivity index (χ1) is 14.2. The number of rotatable bonds is 5. The Hall–Kier alpha value is -3.79. The highest BCUT2D eigenvalue weighted by atomic mass is 19.1. The minimum Gasteiger partial charge on any atom is -0.348 e. The number of carbonyl (C=O) groups excluding carboxylic acids is 1. The Morgan fingerprint density at radius 3 is 1.79 bits per heavy atom. The lowest BCUT2D eigenvalue weighted by molar-refractivity contribution is 0.0951. The molecule has 4 heteroatoms. The number of nitrogens with one attached hydrogen (secondary N) is 1. The SMILES string of the molecule is O=C(NCc1ccc(F)cc1)c1cc(-c2ccccc2)nc(-c2ccccc2)c1. The molecule has 4 rings (SSSR count). The topological polar surface area (TPSA) is 42.0 Å². The maximum atomic E-state index is 13.1. The summed E-state index contributed by atoms with van der Waals surface area (Å²) in [6.07, 6.45) is 0. The number of nitrogens with zero attached hydrogens (tertiary/aromatic N) is 1. The number of aromatic nitrogens is 1. The van der Waals surface area contributed by atoms with Crippen LogP contribution in [0.3, 0.4) is 0 Å². The molecule has 0 aliphatic heterocycles. The van der Waals surface area contributed by atoms with E-state index in [4.69, 9.17) is 4.98 Å². The summed E-state index contributed by atoms with van der Waals surface area (Å²) in [5.74, 6) is -0.500. The van der Waals surface area contributed by atoms with Gasteiger partial charge in [-0.3, -0.25) is 4.79 Å². The molecule has 1 aromatic heterocycles. The number of benzene rings is 3. The molecule has 0 saturated heterocycles. The molecule has 142 valence electrons. The second-order valence-electron chi connectivity index (χ2n) is 6.67. The van der Waals surface area contributed by atoms with E-state index in [-0.39, 0.29) is 11.7 Å². The van der Waals surface area contributed by atoms with Gasteiger partial charge in [-0.25, -0.2) is 9.37 Å². The zero-order valence-corrected chi connectivity index (χ0v) is 15.7. The van der Waals surface area contributed by atoms with Crippen LogP contribution in [0.4, 0.5) is 4.39 Å². The quantitative estimate of drug-likeness (QED) is 0.496. The van der Waals surface area contributed by atoms with Crippen molar-refractivity contribution in [3.05, 3.63) is 114 Å². The van der Waals surface area contributed by atoms with Gasteiger partial charge in [-0.15, -0.1) is 0 Å². The van der Waals surface area contributed by atoms with Gasteiger partial charge >= 0.3 is 0 Å². The molecule has 1 heterocycles. The largest absolute Gasteiger partial charge is 0.348 e. The van der Waals surface area contributed by atoms with Crippen LogP contribution in [-0.4, -0.2) is 10.9 Å². The highest BCUT2D eigenvalue weighted by Gasteiger charge is 2.12. The van der Waals surface area contributed by atoms with Gasteiger partial charge in [0.05, 0.1) is 11.4 Å². The normalized spacial score (nSPS) is 10.5. The number of hydrogen-bond donors (Lipinski definition) is 1. The van der Waals surface area contributed by atoms with Gasteiger partial charge in [0.15, 0.2) is 0 Å². The van der Waals surface area contributed by atoms with Crippen molar-refractivity contribution in [3.8, 4) is 22.5 Å². The minimum absolute atomic E-state index is 0.203. The summed E-state index contributed by atoms with van der Waals surface area (Å²) in [6.45, 7) is 0.322. The zero-order valence-electron chi connectivity index (χ0n) is 15.7. The van der Waals surface area contributed by atoms with Crippen LogP contribution < -0.4 is 5.32 Å². The lowest BCUT2D eigenvalue weighted by atomic mass is 10.0. The van der Waals surface area contributed by atoms with E-state index >= 15 is 0 Å². The summed E-state index contributed by atoms with van der Waals surface area (Å²) < 4.78 is 13.1. The summed E-state index contributed by atoms with van der Waals surface area (Å²) in [6, 6.07) is 29.2. The van der Waals surface area contributed by atoms with Gasteiger partial charge in [0.2, 0.25) is 0 Å². The standard InChI is InChI=1S/C25H19FN2O/c26-22-13-11-18(12-14-22)17-27-25(29)21-15-23(19-7-3-1-4-8-19)28-24(16-21)20-9-5-2-6-10-20/h1-16H,17H2,(H,27,29). The van der Waals surface area contributed by atoms with E-state index in [2.05, 4.69) is 5.32 Å². The minimum atomic E-state index is -0.297. The zero-order chi connectivity index (χ0) is 20.1. The van der Waals surface area contributed by atoms with Crippen LogP contribution in [0.2, 0.25) is 0 Å². The Balaban J connectivity index is 1.66. The lowest BCUT2D eigenvalue weighted by Crippen LogP contribution is -2.23. The fourth-order valence-corrected chi connectivity index (χ4v) is 3.06. The molecule has 1 amide bonds. The fourth-order valence-electron chi connectivity index (χ4n) is 3.06. The van der Waals surface area contributed by atoms with Crippen molar-refractivity contribution in [1.82, 2.24) is 10.3 Å². The van der Waals surface area contributed by atoms with Crippen LogP contribution in [0.5, 0.6) is 0 Å². The monoisotopic (exact) mass is 382 g/mol. The summed E-state index contributed by atoms with van der Waals surface area (Å²) in [4.78, 5) is 17.6. The fraction of sp³-hybridized carbons (Fsp3) is 0.0400.